The number of nitrogens with zero attached hydrogens (tertiary/aromatic N) is 2. The maximum absolute atomic E-state index is 12.8. The minimum absolute atomic E-state index is 0.0335. The van der Waals surface area contributed by atoms with Gasteiger partial charge in [0, 0.05) is 12.6 Å². The van der Waals surface area contributed by atoms with Gasteiger partial charge in [-0.15, -0.1) is 0 Å². The molecule has 1 aromatic carbocycles. The maximum atomic E-state index is 12.8. The molecule has 3 rings (SSSR count). The summed E-state index contributed by atoms with van der Waals surface area (Å²) in [5, 5.41) is 2.42. The summed E-state index contributed by atoms with van der Waals surface area (Å²) in [5.41, 5.74) is 0.549. The molecule has 2 aliphatic heterocycles. The van der Waals surface area contributed by atoms with Gasteiger partial charge in [-0.2, -0.15) is 0 Å². The molecule has 10 nitrogen and oxygen atoms in total. The summed E-state index contributed by atoms with van der Waals surface area (Å²) in [7, 11) is -3.17. The Hall–Kier alpha value is -2.95. The van der Waals surface area contributed by atoms with E-state index < -0.39 is 45.8 Å². The zero-order valence-corrected chi connectivity index (χ0v) is 18.2. The molecule has 0 aromatic heterocycles. The van der Waals surface area contributed by atoms with Crippen molar-refractivity contribution in [3.05, 3.63) is 35.4 Å². The zero-order chi connectivity index (χ0) is 22.8. The van der Waals surface area contributed by atoms with Crippen molar-refractivity contribution in [3.8, 4) is 0 Å². The number of amides is 4. The van der Waals surface area contributed by atoms with Crippen LogP contribution in [-0.4, -0.2) is 78.8 Å². The van der Waals surface area contributed by atoms with Gasteiger partial charge in [-0.05, 0) is 31.9 Å². The van der Waals surface area contributed by atoms with Crippen molar-refractivity contribution >= 4 is 33.7 Å². The summed E-state index contributed by atoms with van der Waals surface area (Å²) in [6.07, 6.45) is -0.766. The third-order valence-corrected chi connectivity index (χ3v) is 7.16. The number of hydrogen-bond acceptors (Lipinski definition) is 7. The van der Waals surface area contributed by atoms with Crippen molar-refractivity contribution in [2.24, 2.45) is 0 Å². The molecule has 2 aliphatic rings. The lowest BCUT2D eigenvalue weighted by molar-refractivity contribution is -0.141. The Labute approximate surface area is 180 Å². The van der Waals surface area contributed by atoms with Crippen molar-refractivity contribution in [3.63, 3.8) is 0 Å². The number of urea groups is 1. The second kappa shape index (κ2) is 9.04. The molecule has 168 valence electrons. The lowest BCUT2D eigenvalue weighted by atomic mass is 10.1. The molecule has 0 spiro atoms. The number of sulfone groups is 1. The van der Waals surface area contributed by atoms with Gasteiger partial charge in [0.15, 0.2) is 15.9 Å². The van der Waals surface area contributed by atoms with Crippen LogP contribution in [0.5, 0.6) is 0 Å². The molecule has 11 heteroatoms. The third kappa shape index (κ3) is 5.04. The Morgan fingerprint density at radius 1 is 1.29 bits per heavy atom. The minimum atomic E-state index is -3.17. The summed E-state index contributed by atoms with van der Waals surface area (Å²) in [4.78, 5) is 51.7. The largest absolute Gasteiger partial charge is 0.449 e. The summed E-state index contributed by atoms with van der Waals surface area (Å²) in [6.45, 7) is 3.28. The molecule has 4 amide bonds. The van der Waals surface area contributed by atoms with E-state index in [4.69, 9.17) is 4.74 Å². The van der Waals surface area contributed by atoms with E-state index in [1.807, 2.05) is 0 Å². The van der Waals surface area contributed by atoms with Crippen LogP contribution < -0.4 is 5.32 Å². The smallest absolute Gasteiger partial charge is 0.339 e. The van der Waals surface area contributed by atoms with E-state index >= 15 is 0 Å². The number of benzene rings is 1. The molecule has 1 aromatic rings. The Morgan fingerprint density at radius 2 is 2.00 bits per heavy atom. The summed E-state index contributed by atoms with van der Waals surface area (Å²) < 4.78 is 28.9. The first-order chi connectivity index (χ1) is 14.6. The highest BCUT2D eigenvalue weighted by molar-refractivity contribution is 7.91. The number of rotatable bonds is 7. The van der Waals surface area contributed by atoms with Crippen LogP contribution in [0.1, 0.15) is 36.2 Å². The molecule has 0 unspecified atom stereocenters. The third-order valence-electron chi connectivity index (χ3n) is 5.41. The van der Waals surface area contributed by atoms with Crippen LogP contribution in [0.15, 0.2) is 24.3 Å². The van der Waals surface area contributed by atoms with Crippen LogP contribution in [0.4, 0.5) is 4.79 Å². The number of hydrogen-bond donors (Lipinski definition) is 1. The number of likely N-dealkylation sites (N-methyl/N-ethyl adjacent to an activating group) is 1. The Kier molecular flexibility index (Phi) is 6.63. The molecule has 0 saturated carbocycles. The van der Waals surface area contributed by atoms with E-state index in [0.29, 0.717) is 18.5 Å². The monoisotopic (exact) mass is 451 g/mol. The molecule has 2 heterocycles. The highest BCUT2D eigenvalue weighted by atomic mass is 32.2. The fourth-order valence-corrected chi connectivity index (χ4v) is 5.50. The van der Waals surface area contributed by atoms with Crippen LogP contribution in [0.25, 0.3) is 0 Å². The molecular formula is C20H25N3O7S. The van der Waals surface area contributed by atoms with Gasteiger partial charge in [0.05, 0.1) is 30.2 Å². The maximum Gasteiger partial charge on any atom is 0.339 e. The van der Waals surface area contributed by atoms with E-state index in [1.54, 1.807) is 25.1 Å². The topological polar surface area (TPSA) is 130 Å². The molecule has 0 bridgehead atoms. The summed E-state index contributed by atoms with van der Waals surface area (Å²) >= 11 is 0. The molecule has 2 fully saturated rings. The summed E-state index contributed by atoms with van der Waals surface area (Å²) in [6, 6.07) is 5.40. The molecule has 0 radical (unpaired) electrons. The number of imide groups is 1. The second-order valence-corrected chi connectivity index (χ2v) is 9.75. The second-order valence-electron chi connectivity index (χ2n) is 7.52. The molecule has 2 saturated heterocycles. The van der Waals surface area contributed by atoms with Gasteiger partial charge in [0.25, 0.3) is 5.91 Å². The molecular weight excluding hydrogens is 426 g/mol. The van der Waals surface area contributed by atoms with Crippen molar-refractivity contribution in [2.45, 2.75) is 39.0 Å². The van der Waals surface area contributed by atoms with Crippen LogP contribution in [0, 0.1) is 0 Å². The highest BCUT2D eigenvalue weighted by Crippen LogP contribution is 2.20. The average molecular weight is 452 g/mol. The van der Waals surface area contributed by atoms with Crippen LogP contribution >= 0.6 is 0 Å². The first-order valence-electron chi connectivity index (χ1n) is 10.0. The van der Waals surface area contributed by atoms with Crippen molar-refractivity contribution in [2.75, 3.05) is 24.6 Å². The van der Waals surface area contributed by atoms with Crippen molar-refractivity contribution in [1.29, 1.82) is 0 Å². The van der Waals surface area contributed by atoms with E-state index in [1.165, 1.54) is 17.9 Å². The predicted octanol–water partition coefficient (Wildman–Crippen LogP) is 0.319. The van der Waals surface area contributed by atoms with Gasteiger partial charge in [-0.1, -0.05) is 18.2 Å². The normalized spacial score (nSPS) is 21.0. The SMILES string of the molecule is CCN(C(=O)[C@@H](C)OC(=O)c1ccccc1CN1C(=O)CNC1=O)[C@H]1CCS(=O)(=O)C1. The molecule has 0 aliphatic carbocycles. The lowest BCUT2D eigenvalue weighted by Crippen LogP contribution is -2.46. The van der Waals surface area contributed by atoms with Gasteiger partial charge in [0.1, 0.15) is 0 Å². The fourth-order valence-electron chi connectivity index (χ4n) is 3.77. The van der Waals surface area contributed by atoms with Crippen molar-refractivity contribution < 1.29 is 32.3 Å². The Balaban J connectivity index is 1.70. The van der Waals surface area contributed by atoms with E-state index in [-0.39, 0.29) is 30.2 Å². The Morgan fingerprint density at radius 3 is 2.58 bits per heavy atom. The molecule has 2 atom stereocenters. The number of nitrogens with one attached hydrogen (secondary N) is 1. The zero-order valence-electron chi connectivity index (χ0n) is 17.4. The van der Waals surface area contributed by atoms with E-state index in [2.05, 4.69) is 5.32 Å². The van der Waals surface area contributed by atoms with Gasteiger partial charge in [-0.3, -0.25) is 14.5 Å². The predicted molar refractivity (Wildman–Crippen MR) is 110 cm³/mol. The first kappa shape index (κ1) is 22.7. The summed E-state index contributed by atoms with van der Waals surface area (Å²) in [5.74, 6) is -1.70. The Bertz CT molecular complexity index is 992. The van der Waals surface area contributed by atoms with E-state index in [9.17, 15) is 27.6 Å². The van der Waals surface area contributed by atoms with Gasteiger partial charge < -0.3 is 15.0 Å². The van der Waals surface area contributed by atoms with Gasteiger partial charge in [0.2, 0.25) is 5.91 Å². The van der Waals surface area contributed by atoms with E-state index in [0.717, 1.165) is 4.90 Å². The van der Waals surface area contributed by atoms with Crippen molar-refractivity contribution in [1.82, 2.24) is 15.1 Å². The number of esters is 1. The molecule has 31 heavy (non-hydrogen) atoms. The van der Waals surface area contributed by atoms with Gasteiger partial charge >= 0.3 is 12.0 Å². The van der Waals surface area contributed by atoms with Gasteiger partial charge in [-0.25, -0.2) is 18.0 Å². The standard InChI is InChI=1S/C20H25N3O7S/c1-3-22(15-8-9-31(28,29)12-15)18(25)13(2)30-19(26)16-7-5-4-6-14(16)11-23-17(24)10-21-20(23)27/h4-7,13,15H,3,8-12H2,1-2H3,(H,21,27)/t13-,15+/m1/s1. The minimum Gasteiger partial charge on any atom is -0.449 e. The first-order valence-corrected chi connectivity index (χ1v) is 11.8. The molecule has 1 N–H and O–H groups in total. The quantitative estimate of drug-likeness (QED) is 0.467. The van der Waals surface area contributed by atoms with Crippen LogP contribution in [0.2, 0.25) is 0 Å². The lowest BCUT2D eigenvalue weighted by Gasteiger charge is -2.29. The fraction of sp³-hybridized carbons (Fsp3) is 0.500. The van der Waals surface area contributed by atoms with Crippen LogP contribution in [-0.2, 0) is 30.7 Å². The number of ether oxygens (including phenoxy) is 1. The number of carbonyl (C=O) groups excluding carboxylic acids is 4. The number of carbonyl (C=O) groups is 4. The highest BCUT2D eigenvalue weighted by Gasteiger charge is 2.36. The van der Waals surface area contributed by atoms with Crippen LogP contribution in [0.3, 0.4) is 0 Å². The average Bonchev–Trinajstić information content (AvgIpc) is 3.24.